The van der Waals surface area contributed by atoms with Gasteiger partial charge in [-0.15, -0.1) is 12.4 Å². The van der Waals surface area contributed by atoms with E-state index < -0.39 is 0 Å². The largest absolute Gasteiger partial charge is 0.490 e. The molecule has 0 saturated carbocycles. The van der Waals surface area contributed by atoms with Gasteiger partial charge in [0.05, 0.1) is 13.2 Å². The first-order valence-corrected chi connectivity index (χ1v) is 9.13. The van der Waals surface area contributed by atoms with Gasteiger partial charge < -0.3 is 20.1 Å². The van der Waals surface area contributed by atoms with Crippen molar-refractivity contribution in [3.63, 3.8) is 0 Å². The summed E-state index contributed by atoms with van der Waals surface area (Å²) in [6.45, 7) is 7.53. The van der Waals surface area contributed by atoms with Crippen LogP contribution in [0.4, 0.5) is 5.69 Å². The maximum absolute atomic E-state index is 12.1. The predicted molar refractivity (Wildman–Crippen MR) is 104 cm³/mol. The molecule has 1 unspecified atom stereocenters. The molecule has 142 valence electrons. The van der Waals surface area contributed by atoms with Gasteiger partial charge in [0, 0.05) is 18.2 Å². The van der Waals surface area contributed by atoms with Crippen LogP contribution in [0.1, 0.15) is 46.0 Å². The number of halogens is 1. The van der Waals surface area contributed by atoms with Gasteiger partial charge in [0.2, 0.25) is 5.91 Å². The Kier molecular flexibility index (Phi) is 10.3. The molecule has 1 atom stereocenters. The molecule has 0 aliphatic carbocycles. The molecular formula is C19H31ClN2O3. The van der Waals surface area contributed by atoms with Crippen molar-refractivity contribution in [1.82, 2.24) is 5.32 Å². The summed E-state index contributed by atoms with van der Waals surface area (Å²) in [5, 5.41) is 6.30. The number of nitrogens with one attached hydrogen (secondary N) is 2. The van der Waals surface area contributed by atoms with Gasteiger partial charge in [0.15, 0.2) is 11.5 Å². The number of hydrogen-bond acceptors (Lipinski definition) is 4. The van der Waals surface area contributed by atoms with Gasteiger partial charge in [0.1, 0.15) is 0 Å². The fourth-order valence-corrected chi connectivity index (χ4v) is 2.76. The molecule has 1 aromatic rings. The maximum Gasteiger partial charge on any atom is 0.224 e. The highest BCUT2D eigenvalue weighted by molar-refractivity contribution is 5.91. The summed E-state index contributed by atoms with van der Waals surface area (Å²) >= 11 is 0. The van der Waals surface area contributed by atoms with Gasteiger partial charge in [-0.2, -0.15) is 0 Å². The van der Waals surface area contributed by atoms with E-state index in [2.05, 4.69) is 24.5 Å². The van der Waals surface area contributed by atoms with Crippen molar-refractivity contribution in [2.75, 3.05) is 31.6 Å². The lowest BCUT2D eigenvalue weighted by Gasteiger charge is -2.14. The van der Waals surface area contributed by atoms with Gasteiger partial charge in [-0.3, -0.25) is 4.79 Å². The quantitative estimate of drug-likeness (QED) is 0.653. The third-order valence-corrected chi connectivity index (χ3v) is 4.09. The Labute approximate surface area is 157 Å². The van der Waals surface area contributed by atoms with Crippen molar-refractivity contribution in [2.24, 2.45) is 5.92 Å². The van der Waals surface area contributed by atoms with E-state index in [0.717, 1.165) is 43.8 Å². The summed E-state index contributed by atoms with van der Waals surface area (Å²) in [6, 6.07) is 5.60. The van der Waals surface area contributed by atoms with Crippen LogP contribution in [0.25, 0.3) is 0 Å². The molecule has 5 nitrogen and oxygen atoms in total. The molecule has 1 saturated heterocycles. The summed E-state index contributed by atoms with van der Waals surface area (Å²) in [7, 11) is 0. The van der Waals surface area contributed by atoms with Crippen LogP contribution in [-0.4, -0.2) is 32.2 Å². The molecule has 1 aromatic carbocycles. The van der Waals surface area contributed by atoms with E-state index in [9.17, 15) is 4.79 Å². The first-order valence-electron chi connectivity index (χ1n) is 9.13. The molecule has 0 radical (unpaired) electrons. The van der Waals surface area contributed by atoms with Crippen LogP contribution in [0.2, 0.25) is 0 Å². The zero-order valence-corrected chi connectivity index (χ0v) is 16.1. The monoisotopic (exact) mass is 370 g/mol. The molecule has 1 aliphatic heterocycles. The first-order chi connectivity index (χ1) is 11.7. The molecule has 2 N–H and O–H groups in total. The van der Waals surface area contributed by atoms with E-state index in [1.165, 1.54) is 6.42 Å². The number of hydrogen-bond donors (Lipinski definition) is 2. The fourth-order valence-electron chi connectivity index (χ4n) is 2.76. The standard InChI is InChI=1S/C19H30N2O3.ClH/c1-3-11-23-17-7-6-16(13-18(17)24-12-4-2)21-19(22)8-5-15-9-10-20-14-15;/h6-7,13,15,20H,3-5,8-12,14H2,1-2H3,(H,21,22);1H. The van der Waals surface area contributed by atoms with E-state index in [0.29, 0.717) is 31.3 Å². The summed E-state index contributed by atoms with van der Waals surface area (Å²) in [5.74, 6) is 2.12. The molecular weight excluding hydrogens is 340 g/mol. The zero-order chi connectivity index (χ0) is 17.2. The van der Waals surface area contributed by atoms with Gasteiger partial charge in [-0.05, 0) is 56.8 Å². The number of amides is 1. The van der Waals surface area contributed by atoms with E-state index in [1.54, 1.807) is 0 Å². The molecule has 1 fully saturated rings. The van der Waals surface area contributed by atoms with Gasteiger partial charge in [0.25, 0.3) is 0 Å². The van der Waals surface area contributed by atoms with E-state index in [1.807, 2.05) is 18.2 Å². The predicted octanol–water partition coefficient (Wildman–Crippen LogP) is 4.01. The molecule has 0 spiro atoms. The summed E-state index contributed by atoms with van der Waals surface area (Å²) < 4.78 is 11.5. The Bertz CT molecular complexity index is 519. The second kappa shape index (κ2) is 12.0. The van der Waals surface area contributed by atoms with Crippen molar-refractivity contribution in [3.8, 4) is 11.5 Å². The normalized spacial score (nSPS) is 16.2. The minimum Gasteiger partial charge on any atom is -0.490 e. The van der Waals surface area contributed by atoms with Crippen molar-refractivity contribution < 1.29 is 14.3 Å². The summed E-state index contributed by atoms with van der Waals surface area (Å²) in [4.78, 5) is 12.1. The maximum atomic E-state index is 12.1. The zero-order valence-electron chi connectivity index (χ0n) is 15.3. The first kappa shape index (κ1) is 21.6. The average Bonchev–Trinajstić information content (AvgIpc) is 3.11. The van der Waals surface area contributed by atoms with Crippen LogP contribution in [0.15, 0.2) is 18.2 Å². The minimum atomic E-state index is 0. The lowest BCUT2D eigenvalue weighted by atomic mass is 10.0. The van der Waals surface area contributed by atoms with Crippen molar-refractivity contribution in [1.29, 1.82) is 0 Å². The molecule has 25 heavy (non-hydrogen) atoms. The molecule has 6 heteroatoms. The fraction of sp³-hybridized carbons (Fsp3) is 0.632. The Morgan fingerprint density at radius 1 is 1.20 bits per heavy atom. The van der Waals surface area contributed by atoms with Crippen LogP contribution in [0, 0.1) is 5.92 Å². The second-order valence-electron chi connectivity index (χ2n) is 6.30. The number of anilines is 1. The lowest BCUT2D eigenvalue weighted by Crippen LogP contribution is -2.15. The number of rotatable bonds is 10. The summed E-state index contributed by atoms with van der Waals surface area (Å²) in [5.41, 5.74) is 0.763. The highest BCUT2D eigenvalue weighted by atomic mass is 35.5. The molecule has 1 amide bonds. The summed E-state index contributed by atoms with van der Waals surface area (Å²) in [6.07, 6.45) is 4.55. The van der Waals surface area contributed by atoms with Gasteiger partial charge >= 0.3 is 0 Å². The van der Waals surface area contributed by atoms with E-state index in [-0.39, 0.29) is 18.3 Å². The van der Waals surface area contributed by atoms with Crippen LogP contribution in [-0.2, 0) is 4.79 Å². The smallest absolute Gasteiger partial charge is 0.224 e. The van der Waals surface area contributed by atoms with Gasteiger partial charge in [-0.25, -0.2) is 0 Å². The Hall–Kier alpha value is -1.46. The van der Waals surface area contributed by atoms with E-state index in [4.69, 9.17) is 9.47 Å². The average molecular weight is 371 g/mol. The molecule has 1 aliphatic rings. The topological polar surface area (TPSA) is 59.6 Å². The third kappa shape index (κ3) is 7.53. The van der Waals surface area contributed by atoms with E-state index >= 15 is 0 Å². The lowest BCUT2D eigenvalue weighted by molar-refractivity contribution is -0.116. The van der Waals surface area contributed by atoms with Crippen LogP contribution >= 0.6 is 12.4 Å². The Morgan fingerprint density at radius 2 is 1.92 bits per heavy atom. The Morgan fingerprint density at radius 3 is 2.56 bits per heavy atom. The molecule has 2 rings (SSSR count). The highest BCUT2D eigenvalue weighted by Crippen LogP contribution is 2.31. The van der Waals surface area contributed by atoms with Crippen LogP contribution in [0.5, 0.6) is 11.5 Å². The van der Waals surface area contributed by atoms with Crippen LogP contribution in [0.3, 0.4) is 0 Å². The second-order valence-corrected chi connectivity index (χ2v) is 6.30. The minimum absolute atomic E-state index is 0. The molecule has 0 aromatic heterocycles. The number of carbonyl (C=O) groups is 1. The van der Waals surface area contributed by atoms with Crippen LogP contribution < -0.4 is 20.1 Å². The SMILES string of the molecule is CCCOc1ccc(NC(=O)CCC2CCNC2)cc1OCCC.Cl. The Balaban J connectivity index is 0.00000312. The van der Waals surface area contributed by atoms with Crippen molar-refractivity contribution >= 4 is 24.0 Å². The number of ether oxygens (including phenoxy) is 2. The van der Waals surface area contributed by atoms with Gasteiger partial charge in [-0.1, -0.05) is 13.8 Å². The number of carbonyl (C=O) groups excluding carboxylic acids is 1. The number of benzene rings is 1. The molecule has 1 heterocycles. The van der Waals surface area contributed by atoms with Crippen molar-refractivity contribution in [3.05, 3.63) is 18.2 Å². The molecule has 0 bridgehead atoms. The van der Waals surface area contributed by atoms with Crippen molar-refractivity contribution in [2.45, 2.75) is 46.0 Å². The third-order valence-electron chi connectivity index (χ3n) is 4.09. The highest BCUT2D eigenvalue weighted by Gasteiger charge is 2.16.